The van der Waals surface area contributed by atoms with Crippen molar-refractivity contribution in [1.29, 1.82) is 0 Å². The molecule has 0 aliphatic heterocycles. The number of aliphatic carboxylic acids is 1. The summed E-state index contributed by atoms with van der Waals surface area (Å²) < 4.78 is 0. The maximum atomic E-state index is 10.3. The van der Waals surface area contributed by atoms with Crippen LogP contribution in [-0.2, 0) is 10.5 Å². The summed E-state index contributed by atoms with van der Waals surface area (Å²) in [5.41, 5.74) is 1.89. The first kappa shape index (κ1) is 10.8. The zero-order chi connectivity index (χ0) is 10.4. The normalized spacial score (nSPS) is 9.71. The van der Waals surface area contributed by atoms with Crippen LogP contribution in [0.5, 0.6) is 0 Å². The van der Waals surface area contributed by atoms with Crippen LogP contribution in [0.4, 0.5) is 0 Å². The van der Waals surface area contributed by atoms with Crippen molar-refractivity contribution in [3.05, 3.63) is 36.2 Å². The maximum Gasteiger partial charge on any atom is 0.313 e. The van der Waals surface area contributed by atoms with Gasteiger partial charge < -0.3 is 5.11 Å². The van der Waals surface area contributed by atoms with Gasteiger partial charge in [-0.3, -0.25) is 9.78 Å². The monoisotopic (exact) mass is 209 g/mol. The van der Waals surface area contributed by atoms with Crippen molar-refractivity contribution in [2.45, 2.75) is 5.75 Å². The average Bonchev–Trinajstić information content (AvgIpc) is 2.18. The second kappa shape index (κ2) is 5.44. The highest BCUT2D eigenvalue weighted by atomic mass is 32.2. The van der Waals surface area contributed by atoms with Gasteiger partial charge in [0.05, 0.1) is 11.4 Å². The van der Waals surface area contributed by atoms with Crippen LogP contribution in [0.25, 0.3) is 6.08 Å². The second-order valence-corrected chi connectivity index (χ2v) is 3.66. The minimum atomic E-state index is -0.796. The predicted molar refractivity (Wildman–Crippen MR) is 58.1 cm³/mol. The molecule has 1 aromatic heterocycles. The Morgan fingerprint density at radius 2 is 2.50 bits per heavy atom. The smallest absolute Gasteiger partial charge is 0.313 e. The molecule has 14 heavy (non-hydrogen) atoms. The number of hydrogen-bond donors (Lipinski definition) is 1. The van der Waals surface area contributed by atoms with Crippen LogP contribution in [0.15, 0.2) is 24.9 Å². The van der Waals surface area contributed by atoms with E-state index in [2.05, 4.69) is 11.6 Å². The molecule has 0 spiro atoms. The molecule has 0 saturated carbocycles. The van der Waals surface area contributed by atoms with Gasteiger partial charge in [-0.05, 0) is 17.7 Å². The first-order valence-electron chi connectivity index (χ1n) is 4.09. The van der Waals surface area contributed by atoms with E-state index in [0.717, 1.165) is 11.3 Å². The van der Waals surface area contributed by atoms with E-state index in [0.29, 0.717) is 5.75 Å². The molecule has 74 valence electrons. The van der Waals surface area contributed by atoms with Gasteiger partial charge in [0.1, 0.15) is 0 Å². The Morgan fingerprint density at radius 1 is 1.71 bits per heavy atom. The number of carboxylic acid groups (broad SMARTS) is 1. The van der Waals surface area contributed by atoms with Crippen molar-refractivity contribution in [2.24, 2.45) is 0 Å². The molecule has 0 fully saturated rings. The molecule has 0 bridgehead atoms. The van der Waals surface area contributed by atoms with Crippen LogP contribution in [-0.4, -0.2) is 21.8 Å². The Hall–Kier alpha value is -1.29. The maximum absolute atomic E-state index is 10.3. The van der Waals surface area contributed by atoms with E-state index in [-0.39, 0.29) is 5.75 Å². The number of carboxylic acids is 1. The first-order chi connectivity index (χ1) is 6.72. The van der Waals surface area contributed by atoms with Crippen LogP contribution in [0, 0.1) is 0 Å². The molecule has 1 rings (SSSR count). The van der Waals surface area contributed by atoms with Gasteiger partial charge in [-0.25, -0.2) is 0 Å². The van der Waals surface area contributed by atoms with Crippen molar-refractivity contribution in [3.63, 3.8) is 0 Å². The van der Waals surface area contributed by atoms with Crippen LogP contribution >= 0.6 is 11.8 Å². The molecular weight excluding hydrogens is 198 g/mol. The summed E-state index contributed by atoms with van der Waals surface area (Å²) in [4.78, 5) is 14.4. The number of thioether (sulfide) groups is 1. The van der Waals surface area contributed by atoms with Gasteiger partial charge in [-0.15, -0.1) is 11.8 Å². The van der Waals surface area contributed by atoms with E-state index in [1.807, 2.05) is 12.1 Å². The minimum absolute atomic E-state index is 0.111. The molecule has 0 aromatic carbocycles. The standard InChI is InChI=1S/C10H11NO2S/c1-2-8-3-4-11-9(5-8)6-14-7-10(12)13/h2-5H,1,6-7H2,(H,12,13). The minimum Gasteiger partial charge on any atom is -0.481 e. The molecule has 0 atom stereocenters. The number of aromatic nitrogens is 1. The van der Waals surface area contributed by atoms with Crippen molar-refractivity contribution < 1.29 is 9.90 Å². The van der Waals surface area contributed by atoms with Crippen LogP contribution in [0.1, 0.15) is 11.3 Å². The molecule has 0 aliphatic carbocycles. The van der Waals surface area contributed by atoms with Crippen molar-refractivity contribution in [3.8, 4) is 0 Å². The van der Waals surface area contributed by atoms with Gasteiger partial charge in [0.15, 0.2) is 0 Å². The third kappa shape index (κ3) is 3.62. The Labute approximate surface area is 86.9 Å². The summed E-state index contributed by atoms with van der Waals surface area (Å²) in [6, 6.07) is 3.76. The number of carbonyl (C=O) groups is 1. The van der Waals surface area contributed by atoms with Crippen molar-refractivity contribution in [2.75, 3.05) is 5.75 Å². The summed E-state index contributed by atoms with van der Waals surface area (Å²) in [5, 5.41) is 8.43. The zero-order valence-corrected chi connectivity index (χ0v) is 8.46. The Kier molecular flexibility index (Phi) is 4.19. The number of hydrogen-bond acceptors (Lipinski definition) is 3. The lowest BCUT2D eigenvalue weighted by Gasteiger charge is -1.99. The molecule has 0 amide bonds. The molecule has 4 heteroatoms. The molecule has 0 radical (unpaired) electrons. The second-order valence-electron chi connectivity index (χ2n) is 2.67. The van der Waals surface area contributed by atoms with Crippen LogP contribution in [0.3, 0.4) is 0 Å². The summed E-state index contributed by atoms with van der Waals surface area (Å²) in [7, 11) is 0. The van der Waals surface area contributed by atoms with Gasteiger partial charge >= 0.3 is 5.97 Å². The van der Waals surface area contributed by atoms with E-state index < -0.39 is 5.97 Å². The summed E-state index contributed by atoms with van der Waals surface area (Å²) >= 11 is 1.34. The summed E-state index contributed by atoms with van der Waals surface area (Å²) in [5.74, 6) is -0.0663. The van der Waals surface area contributed by atoms with Crippen LogP contribution in [0.2, 0.25) is 0 Å². The Morgan fingerprint density at radius 3 is 3.14 bits per heavy atom. The number of pyridine rings is 1. The topological polar surface area (TPSA) is 50.2 Å². The van der Waals surface area contributed by atoms with Gasteiger partial charge in [-0.1, -0.05) is 12.7 Å². The number of nitrogens with zero attached hydrogens (tertiary/aromatic N) is 1. The molecule has 0 saturated heterocycles. The van der Waals surface area contributed by atoms with E-state index in [1.54, 1.807) is 12.3 Å². The third-order valence-electron chi connectivity index (χ3n) is 1.55. The predicted octanol–water partition coefficient (Wildman–Crippen LogP) is 2.04. The molecule has 1 N–H and O–H groups in total. The lowest BCUT2D eigenvalue weighted by molar-refractivity contribution is -0.133. The van der Waals surface area contributed by atoms with Crippen molar-refractivity contribution in [1.82, 2.24) is 4.98 Å². The SMILES string of the molecule is C=Cc1ccnc(CSCC(=O)O)c1. The zero-order valence-electron chi connectivity index (χ0n) is 7.64. The average molecular weight is 209 g/mol. The van der Waals surface area contributed by atoms with Gasteiger partial charge in [-0.2, -0.15) is 0 Å². The lowest BCUT2D eigenvalue weighted by atomic mass is 10.2. The summed E-state index contributed by atoms with van der Waals surface area (Å²) in [6.07, 6.45) is 3.45. The molecule has 1 aromatic rings. The highest BCUT2D eigenvalue weighted by Gasteiger charge is 1.99. The van der Waals surface area contributed by atoms with Gasteiger partial charge in [0, 0.05) is 11.9 Å². The number of rotatable bonds is 5. The van der Waals surface area contributed by atoms with E-state index >= 15 is 0 Å². The van der Waals surface area contributed by atoms with E-state index in [4.69, 9.17) is 5.11 Å². The van der Waals surface area contributed by atoms with Crippen LogP contribution < -0.4 is 0 Å². The van der Waals surface area contributed by atoms with Crippen molar-refractivity contribution >= 4 is 23.8 Å². The first-order valence-corrected chi connectivity index (χ1v) is 5.24. The van der Waals surface area contributed by atoms with E-state index in [9.17, 15) is 4.79 Å². The molecular formula is C10H11NO2S. The fourth-order valence-electron chi connectivity index (χ4n) is 0.946. The Balaban J connectivity index is 2.50. The fourth-order valence-corrected chi connectivity index (χ4v) is 1.59. The third-order valence-corrected chi connectivity index (χ3v) is 2.50. The molecule has 3 nitrogen and oxygen atoms in total. The highest BCUT2D eigenvalue weighted by Crippen LogP contribution is 2.11. The van der Waals surface area contributed by atoms with E-state index in [1.165, 1.54) is 11.8 Å². The molecule has 0 aliphatic rings. The fraction of sp³-hybridized carbons (Fsp3) is 0.200. The quantitative estimate of drug-likeness (QED) is 0.806. The molecule has 0 unspecified atom stereocenters. The molecule has 1 heterocycles. The highest BCUT2D eigenvalue weighted by molar-refractivity contribution is 7.99. The Bertz CT molecular complexity index is 339. The largest absolute Gasteiger partial charge is 0.481 e. The van der Waals surface area contributed by atoms with Gasteiger partial charge in [0.25, 0.3) is 0 Å². The summed E-state index contributed by atoms with van der Waals surface area (Å²) in [6.45, 7) is 3.65. The van der Waals surface area contributed by atoms with Gasteiger partial charge in [0.2, 0.25) is 0 Å². The lowest BCUT2D eigenvalue weighted by Crippen LogP contribution is -1.98.